The number of fused-ring (bicyclic) bond motifs is 1. The molecule has 0 saturated carbocycles. The summed E-state index contributed by atoms with van der Waals surface area (Å²) in [5.41, 5.74) is 3.13. The van der Waals surface area contributed by atoms with Crippen molar-refractivity contribution in [2.75, 3.05) is 37.7 Å². The summed E-state index contributed by atoms with van der Waals surface area (Å²) in [5.74, 6) is 2.10. The fourth-order valence-corrected chi connectivity index (χ4v) is 4.00. The number of aromatic nitrogens is 2. The SMILES string of the molecule is Cc1ccccc1-c1ccc(N2CCN(C(=O)C3COc4ccccc4O3)CC2)nn1. The normalized spacial score (nSPS) is 18.0. The third-order valence-corrected chi connectivity index (χ3v) is 5.77. The smallest absolute Gasteiger partial charge is 0.267 e. The van der Waals surface area contributed by atoms with Crippen molar-refractivity contribution in [1.82, 2.24) is 15.1 Å². The van der Waals surface area contributed by atoms with Gasteiger partial charge in [0, 0.05) is 31.7 Å². The average molecular weight is 416 g/mol. The molecule has 7 nitrogen and oxygen atoms in total. The molecule has 2 aliphatic rings. The lowest BCUT2D eigenvalue weighted by Crippen LogP contribution is -2.54. The first-order valence-electron chi connectivity index (χ1n) is 10.5. The first-order chi connectivity index (χ1) is 15.2. The van der Waals surface area contributed by atoms with Crippen LogP contribution >= 0.6 is 0 Å². The number of aryl methyl sites for hydroxylation is 1. The van der Waals surface area contributed by atoms with E-state index < -0.39 is 6.10 Å². The minimum Gasteiger partial charge on any atom is -0.485 e. The van der Waals surface area contributed by atoms with E-state index in [1.54, 1.807) is 0 Å². The van der Waals surface area contributed by atoms with Crippen LogP contribution in [-0.2, 0) is 4.79 Å². The molecule has 1 atom stereocenters. The number of nitrogens with zero attached hydrogens (tertiary/aromatic N) is 4. The van der Waals surface area contributed by atoms with Crippen molar-refractivity contribution in [1.29, 1.82) is 0 Å². The second-order valence-electron chi connectivity index (χ2n) is 7.77. The number of piperazine rings is 1. The standard InChI is InChI=1S/C24H24N4O3/c1-17-6-2-3-7-18(17)19-10-11-23(26-25-19)27-12-14-28(15-13-27)24(29)22-16-30-20-8-4-5-9-21(20)31-22/h2-11,22H,12-16H2,1H3. The third kappa shape index (κ3) is 3.91. The number of para-hydroxylation sites is 2. The number of carbonyl (C=O) groups is 1. The minimum atomic E-state index is -0.602. The summed E-state index contributed by atoms with van der Waals surface area (Å²) in [5, 5.41) is 8.86. The molecule has 3 heterocycles. The van der Waals surface area contributed by atoms with Crippen LogP contribution in [0.2, 0.25) is 0 Å². The maximum Gasteiger partial charge on any atom is 0.267 e. The van der Waals surface area contributed by atoms with Crippen LogP contribution in [0.1, 0.15) is 5.56 Å². The van der Waals surface area contributed by atoms with Crippen molar-refractivity contribution in [3.63, 3.8) is 0 Å². The van der Waals surface area contributed by atoms with Gasteiger partial charge < -0.3 is 19.3 Å². The van der Waals surface area contributed by atoms with Crippen molar-refractivity contribution >= 4 is 11.7 Å². The van der Waals surface area contributed by atoms with Gasteiger partial charge in [0.25, 0.3) is 5.91 Å². The molecule has 0 radical (unpaired) electrons. The van der Waals surface area contributed by atoms with Crippen LogP contribution in [0.5, 0.6) is 11.5 Å². The monoisotopic (exact) mass is 416 g/mol. The zero-order valence-corrected chi connectivity index (χ0v) is 17.4. The van der Waals surface area contributed by atoms with Crippen molar-refractivity contribution in [2.45, 2.75) is 13.0 Å². The molecule has 0 spiro atoms. The summed E-state index contributed by atoms with van der Waals surface area (Å²) in [4.78, 5) is 16.9. The number of carbonyl (C=O) groups excluding carboxylic acids is 1. The minimum absolute atomic E-state index is 0.0323. The maximum absolute atomic E-state index is 12.9. The molecule has 3 aromatic rings. The number of hydrogen-bond acceptors (Lipinski definition) is 6. The maximum atomic E-state index is 12.9. The molecule has 2 aromatic carbocycles. The van der Waals surface area contributed by atoms with Crippen LogP contribution in [0.3, 0.4) is 0 Å². The fraction of sp³-hybridized carbons (Fsp3) is 0.292. The Morgan fingerprint density at radius 3 is 2.39 bits per heavy atom. The lowest BCUT2D eigenvalue weighted by Gasteiger charge is -2.37. The molecular formula is C24H24N4O3. The molecular weight excluding hydrogens is 392 g/mol. The van der Waals surface area contributed by atoms with Gasteiger partial charge in [0.15, 0.2) is 17.3 Å². The largest absolute Gasteiger partial charge is 0.485 e. The molecule has 0 aliphatic carbocycles. The molecule has 5 rings (SSSR count). The van der Waals surface area contributed by atoms with E-state index in [4.69, 9.17) is 9.47 Å². The Bertz CT molecular complexity index is 1080. The number of ether oxygens (including phenoxy) is 2. The fourth-order valence-electron chi connectivity index (χ4n) is 4.00. The van der Waals surface area contributed by atoms with Crippen LogP contribution in [-0.4, -0.2) is 59.9 Å². The van der Waals surface area contributed by atoms with Crippen LogP contribution in [0.25, 0.3) is 11.3 Å². The Labute approximate surface area is 181 Å². The lowest BCUT2D eigenvalue weighted by atomic mass is 10.1. The summed E-state index contributed by atoms with van der Waals surface area (Å²) < 4.78 is 11.6. The quantitative estimate of drug-likeness (QED) is 0.654. The molecule has 158 valence electrons. The Balaban J connectivity index is 1.20. The van der Waals surface area contributed by atoms with Gasteiger partial charge in [-0.25, -0.2) is 0 Å². The summed E-state index contributed by atoms with van der Waals surface area (Å²) in [6.07, 6.45) is -0.602. The van der Waals surface area contributed by atoms with Crippen LogP contribution < -0.4 is 14.4 Å². The summed E-state index contributed by atoms with van der Waals surface area (Å²) in [7, 11) is 0. The first kappa shape index (κ1) is 19.4. The molecule has 1 unspecified atom stereocenters. The second-order valence-corrected chi connectivity index (χ2v) is 7.77. The van der Waals surface area contributed by atoms with E-state index in [1.165, 1.54) is 5.56 Å². The van der Waals surface area contributed by atoms with E-state index in [9.17, 15) is 4.79 Å². The van der Waals surface area contributed by atoms with Gasteiger partial charge in [0.05, 0.1) is 5.69 Å². The molecule has 0 bridgehead atoms. The Morgan fingerprint density at radius 1 is 0.903 bits per heavy atom. The van der Waals surface area contributed by atoms with E-state index in [2.05, 4.69) is 34.2 Å². The number of hydrogen-bond donors (Lipinski definition) is 0. The van der Waals surface area contributed by atoms with Gasteiger partial charge >= 0.3 is 0 Å². The number of amides is 1. The summed E-state index contributed by atoms with van der Waals surface area (Å²) in [6.45, 7) is 4.94. The molecule has 1 amide bonds. The van der Waals surface area contributed by atoms with Gasteiger partial charge in [0.2, 0.25) is 6.10 Å². The highest BCUT2D eigenvalue weighted by molar-refractivity contribution is 5.82. The van der Waals surface area contributed by atoms with Gasteiger partial charge in [-0.2, -0.15) is 0 Å². The van der Waals surface area contributed by atoms with Gasteiger partial charge in [-0.05, 0) is 36.8 Å². The van der Waals surface area contributed by atoms with E-state index >= 15 is 0 Å². The molecule has 1 saturated heterocycles. The number of anilines is 1. The Hall–Kier alpha value is -3.61. The van der Waals surface area contributed by atoms with E-state index in [0.717, 1.165) is 17.1 Å². The van der Waals surface area contributed by atoms with E-state index in [1.807, 2.05) is 53.4 Å². The van der Waals surface area contributed by atoms with E-state index in [0.29, 0.717) is 37.7 Å². The topological polar surface area (TPSA) is 67.8 Å². The van der Waals surface area contributed by atoms with E-state index in [-0.39, 0.29) is 12.5 Å². The average Bonchev–Trinajstić information content (AvgIpc) is 2.84. The third-order valence-electron chi connectivity index (χ3n) is 5.77. The molecule has 7 heteroatoms. The predicted octanol–water partition coefficient (Wildman–Crippen LogP) is 2.94. The Kier molecular flexibility index (Phi) is 5.16. The summed E-state index contributed by atoms with van der Waals surface area (Å²) >= 11 is 0. The van der Waals surface area contributed by atoms with Gasteiger partial charge in [0.1, 0.15) is 6.61 Å². The van der Waals surface area contributed by atoms with Crippen molar-refractivity contribution in [3.8, 4) is 22.8 Å². The molecule has 1 fully saturated rings. The zero-order valence-electron chi connectivity index (χ0n) is 17.4. The van der Waals surface area contributed by atoms with Crippen LogP contribution in [0, 0.1) is 6.92 Å². The van der Waals surface area contributed by atoms with Crippen LogP contribution in [0.15, 0.2) is 60.7 Å². The van der Waals surface area contributed by atoms with Crippen molar-refractivity contribution < 1.29 is 14.3 Å². The number of rotatable bonds is 3. The highest BCUT2D eigenvalue weighted by Gasteiger charge is 2.32. The molecule has 1 aromatic heterocycles. The zero-order chi connectivity index (χ0) is 21.2. The summed E-state index contributed by atoms with van der Waals surface area (Å²) in [6, 6.07) is 19.6. The van der Waals surface area contributed by atoms with Gasteiger partial charge in [-0.3, -0.25) is 4.79 Å². The first-order valence-corrected chi connectivity index (χ1v) is 10.5. The second kappa shape index (κ2) is 8.26. The lowest BCUT2D eigenvalue weighted by molar-refractivity contribution is -0.141. The van der Waals surface area contributed by atoms with Gasteiger partial charge in [-0.1, -0.05) is 36.4 Å². The highest BCUT2D eigenvalue weighted by atomic mass is 16.6. The van der Waals surface area contributed by atoms with Gasteiger partial charge in [-0.15, -0.1) is 10.2 Å². The highest BCUT2D eigenvalue weighted by Crippen LogP contribution is 2.31. The van der Waals surface area contributed by atoms with Crippen molar-refractivity contribution in [3.05, 3.63) is 66.2 Å². The molecule has 2 aliphatic heterocycles. The Morgan fingerprint density at radius 2 is 1.65 bits per heavy atom. The molecule has 0 N–H and O–H groups in total. The van der Waals surface area contributed by atoms with Crippen molar-refractivity contribution in [2.24, 2.45) is 0 Å². The molecule has 31 heavy (non-hydrogen) atoms. The van der Waals surface area contributed by atoms with Crippen LogP contribution in [0.4, 0.5) is 5.82 Å². The number of benzene rings is 2. The predicted molar refractivity (Wildman–Crippen MR) is 117 cm³/mol.